The van der Waals surface area contributed by atoms with E-state index >= 15 is 0 Å². The average Bonchev–Trinajstić information content (AvgIpc) is 3.54. The maximum atomic E-state index is 13.8. The van der Waals surface area contributed by atoms with Crippen molar-refractivity contribution >= 4 is 41.0 Å². The highest BCUT2D eigenvalue weighted by Crippen LogP contribution is 2.48. The first-order valence-corrected chi connectivity index (χ1v) is 14.3. The van der Waals surface area contributed by atoms with E-state index in [1.54, 1.807) is 23.8 Å². The second kappa shape index (κ2) is 10.7. The van der Waals surface area contributed by atoms with Gasteiger partial charge >= 0.3 is 0 Å². The number of methoxy groups -OCH3 is 1. The van der Waals surface area contributed by atoms with E-state index in [4.69, 9.17) is 21.4 Å². The topological polar surface area (TPSA) is 67.7 Å². The Morgan fingerprint density at radius 3 is 2.47 bits per heavy atom. The number of benzene rings is 2. The zero-order chi connectivity index (χ0) is 27.0. The third kappa shape index (κ3) is 5.16. The van der Waals surface area contributed by atoms with Crippen molar-refractivity contribution in [3.05, 3.63) is 70.4 Å². The summed E-state index contributed by atoms with van der Waals surface area (Å²) in [5.74, 6) is 1.47. The fourth-order valence-corrected chi connectivity index (χ4v) is 6.50. The molecular weight excluding hydrogens is 520 g/mol. The third-order valence-corrected chi connectivity index (χ3v) is 8.51. The van der Waals surface area contributed by atoms with Gasteiger partial charge in [0.1, 0.15) is 18.1 Å². The van der Waals surface area contributed by atoms with Gasteiger partial charge in [0.05, 0.1) is 29.5 Å². The standard InChI is InChI=1S/C29H33ClN4O3S/c1-29(2,3)27-25-26(19-8-7-9-20(30)16-19)38-18-24(36)33(17-23(35)32-14-5-6-15-32)28(25)34(31-27)21-10-12-22(37-4)13-11-21/h7-13,16,26H,5-6,14-15,17-18H2,1-4H3. The first-order chi connectivity index (χ1) is 18.2. The lowest BCUT2D eigenvalue weighted by atomic mass is 9.87. The molecule has 2 aliphatic heterocycles. The van der Waals surface area contributed by atoms with Crippen molar-refractivity contribution in [3.63, 3.8) is 0 Å². The van der Waals surface area contributed by atoms with Crippen molar-refractivity contribution in [1.82, 2.24) is 14.7 Å². The van der Waals surface area contributed by atoms with Crippen LogP contribution in [0.1, 0.15) is 55.7 Å². The van der Waals surface area contributed by atoms with E-state index in [2.05, 4.69) is 20.8 Å². The molecule has 1 aromatic heterocycles. The number of ether oxygens (including phenoxy) is 1. The minimum absolute atomic E-state index is 0.0138. The summed E-state index contributed by atoms with van der Waals surface area (Å²) in [5.41, 5.74) is 3.30. The molecule has 0 radical (unpaired) electrons. The maximum Gasteiger partial charge on any atom is 0.242 e. The number of hydrogen-bond donors (Lipinski definition) is 0. The molecule has 2 amide bonds. The number of hydrogen-bond acceptors (Lipinski definition) is 5. The molecule has 2 aliphatic rings. The normalized spacial score (nSPS) is 17.9. The number of thioether (sulfide) groups is 1. The molecule has 3 heterocycles. The van der Waals surface area contributed by atoms with E-state index in [0.717, 1.165) is 54.2 Å². The van der Waals surface area contributed by atoms with Gasteiger partial charge in [-0.3, -0.25) is 14.5 Å². The molecule has 0 saturated carbocycles. The Morgan fingerprint density at radius 2 is 1.84 bits per heavy atom. The molecule has 200 valence electrons. The summed E-state index contributed by atoms with van der Waals surface area (Å²) in [7, 11) is 1.63. The van der Waals surface area contributed by atoms with Crippen LogP contribution in [0, 0.1) is 0 Å². The SMILES string of the molecule is COc1ccc(-n2nc(C(C)(C)C)c3c2N(CC(=O)N2CCCC2)C(=O)CSC3c2cccc(Cl)c2)cc1. The predicted octanol–water partition coefficient (Wildman–Crippen LogP) is 5.62. The molecule has 9 heteroatoms. The number of carbonyl (C=O) groups excluding carboxylic acids is 2. The van der Waals surface area contributed by atoms with Gasteiger partial charge in [-0.15, -0.1) is 11.8 Å². The summed E-state index contributed by atoms with van der Waals surface area (Å²) in [6.45, 7) is 7.83. The average molecular weight is 553 g/mol. The highest BCUT2D eigenvalue weighted by molar-refractivity contribution is 8.00. The highest BCUT2D eigenvalue weighted by atomic mass is 35.5. The molecule has 2 aromatic carbocycles. The van der Waals surface area contributed by atoms with E-state index in [0.29, 0.717) is 10.8 Å². The number of amides is 2. The molecule has 1 fully saturated rings. The van der Waals surface area contributed by atoms with Crippen LogP contribution in [0.25, 0.3) is 5.69 Å². The molecule has 1 unspecified atom stereocenters. The molecule has 0 spiro atoms. The lowest BCUT2D eigenvalue weighted by Crippen LogP contribution is -2.43. The number of fused-ring (bicyclic) bond motifs is 1. The van der Waals surface area contributed by atoms with Crippen LogP contribution in [0.2, 0.25) is 5.02 Å². The summed E-state index contributed by atoms with van der Waals surface area (Å²) in [6.07, 6.45) is 1.99. The summed E-state index contributed by atoms with van der Waals surface area (Å²) < 4.78 is 7.20. The van der Waals surface area contributed by atoms with Crippen molar-refractivity contribution in [1.29, 1.82) is 0 Å². The summed E-state index contributed by atoms with van der Waals surface area (Å²) in [5, 5.41) is 5.59. The molecule has 0 bridgehead atoms. The van der Waals surface area contributed by atoms with Crippen molar-refractivity contribution in [2.75, 3.05) is 37.4 Å². The molecule has 7 nitrogen and oxygen atoms in total. The number of aromatic nitrogens is 2. The van der Waals surface area contributed by atoms with Gasteiger partial charge in [-0.2, -0.15) is 5.10 Å². The van der Waals surface area contributed by atoms with Crippen LogP contribution in [0.3, 0.4) is 0 Å². The van der Waals surface area contributed by atoms with E-state index in [1.807, 2.05) is 58.1 Å². The molecular formula is C29H33ClN4O3S. The first kappa shape index (κ1) is 26.6. The number of halogens is 1. The predicted molar refractivity (Wildman–Crippen MR) is 153 cm³/mol. The maximum absolute atomic E-state index is 13.8. The minimum atomic E-state index is -0.322. The van der Waals surface area contributed by atoms with Crippen LogP contribution in [0.4, 0.5) is 5.82 Å². The minimum Gasteiger partial charge on any atom is -0.497 e. The second-order valence-electron chi connectivity index (χ2n) is 10.8. The zero-order valence-electron chi connectivity index (χ0n) is 22.2. The van der Waals surface area contributed by atoms with Crippen LogP contribution in [0.5, 0.6) is 5.75 Å². The Morgan fingerprint density at radius 1 is 1.13 bits per heavy atom. The van der Waals surface area contributed by atoms with Crippen molar-refractivity contribution < 1.29 is 14.3 Å². The smallest absolute Gasteiger partial charge is 0.242 e. The number of rotatable bonds is 5. The van der Waals surface area contributed by atoms with E-state index in [1.165, 1.54) is 0 Å². The fraction of sp³-hybridized carbons (Fsp3) is 0.414. The largest absolute Gasteiger partial charge is 0.497 e. The van der Waals surface area contributed by atoms with Crippen molar-refractivity contribution in [3.8, 4) is 11.4 Å². The molecule has 3 aromatic rings. The van der Waals surface area contributed by atoms with Crippen LogP contribution in [-0.4, -0.2) is 59.0 Å². The monoisotopic (exact) mass is 552 g/mol. The molecule has 1 atom stereocenters. The number of nitrogens with zero attached hydrogens (tertiary/aromatic N) is 4. The highest BCUT2D eigenvalue weighted by Gasteiger charge is 2.40. The zero-order valence-corrected chi connectivity index (χ0v) is 23.8. The Balaban J connectivity index is 1.74. The van der Waals surface area contributed by atoms with E-state index < -0.39 is 0 Å². The summed E-state index contributed by atoms with van der Waals surface area (Å²) in [6, 6.07) is 15.4. The first-order valence-electron chi connectivity index (χ1n) is 12.9. The van der Waals surface area contributed by atoms with E-state index in [9.17, 15) is 9.59 Å². The molecule has 0 N–H and O–H groups in total. The fourth-order valence-electron chi connectivity index (χ4n) is 5.11. The summed E-state index contributed by atoms with van der Waals surface area (Å²) >= 11 is 7.98. The quantitative estimate of drug-likeness (QED) is 0.411. The number of anilines is 1. The Kier molecular flexibility index (Phi) is 7.47. The van der Waals surface area contributed by atoms with Crippen molar-refractivity contribution in [2.45, 2.75) is 44.3 Å². The Labute approximate surface area is 233 Å². The van der Waals surface area contributed by atoms with Gasteiger partial charge in [-0.05, 0) is 54.8 Å². The van der Waals surface area contributed by atoms with Gasteiger partial charge in [0, 0.05) is 29.1 Å². The van der Waals surface area contributed by atoms with Gasteiger partial charge < -0.3 is 9.64 Å². The lowest BCUT2D eigenvalue weighted by molar-refractivity contribution is -0.130. The van der Waals surface area contributed by atoms with Gasteiger partial charge in [0.15, 0.2) is 0 Å². The van der Waals surface area contributed by atoms with Crippen LogP contribution in [-0.2, 0) is 15.0 Å². The lowest BCUT2D eigenvalue weighted by Gasteiger charge is -2.26. The van der Waals surface area contributed by atoms with Gasteiger partial charge in [-0.25, -0.2) is 4.68 Å². The van der Waals surface area contributed by atoms with Crippen LogP contribution in [0.15, 0.2) is 48.5 Å². The second-order valence-corrected chi connectivity index (χ2v) is 12.3. The molecule has 38 heavy (non-hydrogen) atoms. The van der Waals surface area contributed by atoms with Crippen LogP contribution >= 0.6 is 23.4 Å². The number of carbonyl (C=O) groups is 2. The summed E-state index contributed by atoms with van der Waals surface area (Å²) in [4.78, 5) is 30.6. The van der Waals surface area contributed by atoms with Gasteiger partial charge in [0.2, 0.25) is 11.8 Å². The third-order valence-electron chi connectivity index (χ3n) is 7.02. The Bertz CT molecular complexity index is 1340. The van der Waals surface area contributed by atoms with E-state index in [-0.39, 0.29) is 34.8 Å². The molecule has 1 saturated heterocycles. The molecule has 0 aliphatic carbocycles. The molecule has 5 rings (SSSR count). The van der Waals surface area contributed by atoms with Crippen LogP contribution < -0.4 is 9.64 Å². The van der Waals surface area contributed by atoms with Gasteiger partial charge in [0.25, 0.3) is 0 Å². The number of likely N-dealkylation sites (tertiary alicyclic amines) is 1. The Hall–Kier alpha value is -2.97. The van der Waals surface area contributed by atoms with Crippen molar-refractivity contribution in [2.24, 2.45) is 0 Å². The van der Waals surface area contributed by atoms with Gasteiger partial charge in [-0.1, -0.05) is 44.5 Å².